The molecule has 2 nitrogen and oxygen atoms in total. The zero-order valence-electron chi connectivity index (χ0n) is 7.34. The van der Waals surface area contributed by atoms with Crippen molar-refractivity contribution in [1.29, 1.82) is 0 Å². The molecule has 2 saturated heterocycles. The molecular formula is C9H17NO. The van der Waals surface area contributed by atoms with Crippen LogP contribution in [0, 0.1) is 5.92 Å². The average molecular weight is 155 g/mol. The molecule has 0 aromatic carbocycles. The summed E-state index contributed by atoms with van der Waals surface area (Å²) in [6.07, 6.45) is 2.97. The molecule has 0 amide bonds. The quantitative estimate of drug-likeness (QED) is 0.613. The number of rotatable bonds is 1. The van der Waals surface area contributed by atoms with Crippen LogP contribution in [0.1, 0.15) is 26.7 Å². The van der Waals surface area contributed by atoms with Gasteiger partial charge in [0.05, 0.1) is 6.10 Å². The van der Waals surface area contributed by atoms with Gasteiger partial charge in [0, 0.05) is 18.7 Å². The molecule has 3 unspecified atom stereocenters. The predicted molar refractivity (Wildman–Crippen MR) is 44.5 cm³/mol. The van der Waals surface area contributed by atoms with Crippen LogP contribution in [0.2, 0.25) is 0 Å². The summed E-state index contributed by atoms with van der Waals surface area (Å²) in [4.78, 5) is 0. The maximum absolute atomic E-state index is 5.59. The summed E-state index contributed by atoms with van der Waals surface area (Å²) < 4.78 is 5.59. The van der Waals surface area contributed by atoms with Crippen molar-refractivity contribution in [2.24, 2.45) is 5.92 Å². The first-order valence-electron chi connectivity index (χ1n) is 4.65. The molecule has 2 rings (SSSR count). The number of hydrogen-bond donors (Lipinski definition) is 1. The zero-order valence-corrected chi connectivity index (χ0v) is 7.34. The summed E-state index contributed by atoms with van der Waals surface area (Å²) in [7, 11) is 0. The fraction of sp³-hybridized carbons (Fsp3) is 1.00. The highest BCUT2D eigenvalue weighted by Gasteiger charge is 2.38. The Morgan fingerprint density at radius 3 is 2.91 bits per heavy atom. The lowest BCUT2D eigenvalue weighted by molar-refractivity contribution is 0.108. The van der Waals surface area contributed by atoms with Crippen LogP contribution >= 0.6 is 0 Å². The van der Waals surface area contributed by atoms with E-state index < -0.39 is 0 Å². The normalized spacial score (nSPS) is 43.4. The molecule has 0 aromatic heterocycles. The molecule has 0 spiro atoms. The first kappa shape index (κ1) is 7.56. The minimum atomic E-state index is 0.530. The largest absolute Gasteiger partial charge is 0.376 e. The predicted octanol–water partition coefficient (Wildman–Crippen LogP) is 1.16. The summed E-state index contributed by atoms with van der Waals surface area (Å²) in [6.45, 7) is 5.52. The molecule has 2 aliphatic heterocycles. The Labute approximate surface area is 68.3 Å². The van der Waals surface area contributed by atoms with Gasteiger partial charge in [-0.25, -0.2) is 0 Å². The third kappa shape index (κ3) is 1.30. The summed E-state index contributed by atoms with van der Waals surface area (Å²) in [6, 6.07) is 1.37. The molecule has 3 atom stereocenters. The standard InChI is InChI=1S/C9H17NO/c1-6(2)8-5-9-7(10-8)3-4-11-9/h6-10H,3-5H2,1-2H3. The molecule has 0 radical (unpaired) electrons. The fourth-order valence-corrected chi connectivity index (χ4v) is 2.13. The van der Waals surface area contributed by atoms with Crippen molar-refractivity contribution in [3.8, 4) is 0 Å². The van der Waals surface area contributed by atoms with E-state index in [-0.39, 0.29) is 0 Å². The van der Waals surface area contributed by atoms with Gasteiger partial charge < -0.3 is 10.1 Å². The molecule has 2 heteroatoms. The van der Waals surface area contributed by atoms with E-state index in [1.54, 1.807) is 0 Å². The molecule has 64 valence electrons. The van der Waals surface area contributed by atoms with E-state index in [2.05, 4.69) is 19.2 Å². The second kappa shape index (κ2) is 2.76. The first-order valence-corrected chi connectivity index (χ1v) is 4.65. The van der Waals surface area contributed by atoms with E-state index in [0.29, 0.717) is 18.2 Å². The number of nitrogens with one attached hydrogen (secondary N) is 1. The lowest BCUT2D eigenvalue weighted by Gasteiger charge is -2.15. The molecule has 1 N–H and O–H groups in total. The number of ether oxygens (including phenoxy) is 1. The van der Waals surface area contributed by atoms with Crippen LogP contribution in [0.3, 0.4) is 0 Å². The van der Waals surface area contributed by atoms with Crippen LogP contribution < -0.4 is 5.32 Å². The van der Waals surface area contributed by atoms with Crippen LogP contribution in [0.25, 0.3) is 0 Å². The second-order valence-electron chi connectivity index (χ2n) is 4.06. The third-order valence-electron chi connectivity index (χ3n) is 2.93. The third-order valence-corrected chi connectivity index (χ3v) is 2.93. The zero-order chi connectivity index (χ0) is 7.84. The van der Waals surface area contributed by atoms with Crippen LogP contribution in [0.15, 0.2) is 0 Å². The van der Waals surface area contributed by atoms with Crippen LogP contribution in [0.4, 0.5) is 0 Å². The minimum absolute atomic E-state index is 0.530. The van der Waals surface area contributed by atoms with Crippen LogP contribution in [-0.2, 0) is 4.74 Å². The van der Waals surface area contributed by atoms with Gasteiger partial charge in [0.2, 0.25) is 0 Å². The fourth-order valence-electron chi connectivity index (χ4n) is 2.13. The van der Waals surface area contributed by atoms with Gasteiger partial charge in [0.15, 0.2) is 0 Å². The van der Waals surface area contributed by atoms with Gasteiger partial charge in [-0.15, -0.1) is 0 Å². The van der Waals surface area contributed by atoms with E-state index in [1.165, 1.54) is 12.8 Å². The van der Waals surface area contributed by atoms with E-state index in [4.69, 9.17) is 4.74 Å². The Hall–Kier alpha value is -0.0800. The highest BCUT2D eigenvalue weighted by molar-refractivity contribution is 4.95. The van der Waals surface area contributed by atoms with Gasteiger partial charge in [-0.3, -0.25) is 0 Å². The van der Waals surface area contributed by atoms with Gasteiger partial charge in [0.25, 0.3) is 0 Å². The lowest BCUT2D eigenvalue weighted by Crippen LogP contribution is -2.33. The van der Waals surface area contributed by atoms with Crippen molar-refractivity contribution in [3.63, 3.8) is 0 Å². The Bertz CT molecular complexity index is 134. The molecule has 2 heterocycles. The van der Waals surface area contributed by atoms with Gasteiger partial charge >= 0.3 is 0 Å². The van der Waals surface area contributed by atoms with Gasteiger partial charge in [0.1, 0.15) is 0 Å². The summed E-state index contributed by atoms with van der Waals surface area (Å²) in [5.74, 6) is 0.754. The van der Waals surface area contributed by atoms with Crippen molar-refractivity contribution >= 4 is 0 Å². The van der Waals surface area contributed by atoms with E-state index >= 15 is 0 Å². The van der Waals surface area contributed by atoms with E-state index in [1.807, 2.05) is 0 Å². The molecule has 0 aromatic rings. The highest BCUT2D eigenvalue weighted by Crippen LogP contribution is 2.27. The van der Waals surface area contributed by atoms with Crippen LogP contribution in [-0.4, -0.2) is 24.8 Å². The van der Waals surface area contributed by atoms with Crippen molar-refractivity contribution in [2.45, 2.75) is 44.9 Å². The lowest BCUT2D eigenvalue weighted by atomic mass is 10.0. The Balaban J connectivity index is 1.94. The second-order valence-corrected chi connectivity index (χ2v) is 4.06. The SMILES string of the molecule is CC(C)C1CC2OCCC2N1. The first-order chi connectivity index (χ1) is 5.27. The van der Waals surface area contributed by atoms with Crippen molar-refractivity contribution in [3.05, 3.63) is 0 Å². The number of fused-ring (bicyclic) bond motifs is 1. The van der Waals surface area contributed by atoms with E-state index in [0.717, 1.165) is 12.5 Å². The highest BCUT2D eigenvalue weighted by atomic mass is 16.5. The molecule has 2 fully saturated rings. The monoisotopic (exact) mass is 155 g/mol. The molecule has 0 aliphatic carbocycles. The number of hydrogen-bond acceptors (Lipinski definition) is 2. The molecule has 11 heavy (non-hydrogen) atoms. The topological polar surface area (TPSA) is 21.3 Å². The van der Waals surface area contributed by atoms with E-state index in [9.17, 15) is 0 Å². The Kier molecular flexibility index (Phi) is 1.90. The van der Waals surface area contributed by atoms with Gasteiger partial charge in [-0.05, 0) is 18.8 Å². The summed E-state index contributed by atoms with van der Waals surface area (Å²) >= 11 is 0. The van der Waals surface area contributed by atoms with Crippen LogP contribution in [0.5, 0.6) is 0 Å². The molecular weight excluding hydrogens is 138 g/mol. The molecule has 0 bridgehead atoms. The molecule has 2 aliphatic rings. The van der Waals surface area contributed by atoms with Crippen molar-refractivity contribution in [2.75, 3.05) is 6.61 Å². The smallest absolute Gasteiger partial charge is 0.0743 e. The Morgan fingerprint density at radius 1 is 1.45 bits per heavy atom. The van der Waals surface area contributed by atoms with Gasteiger partial charge in [-0.1, -0.05) is 13.8 Å². The average Bonchev–Trinajstić information content (AvgIpc) is 2.40. The maximum atomic E-state index is 5.59. The summed E-state index contributed by atoms with van der Waals surface area (Å²) in [5.41, 5.74) is 0. The maximum Gasteiger partial charge on any atom is 0.0743 e. The minimum Gasteiger partial charge on any atom is -0.376 e. The van der Waals surface area contributed by atoms with Gasteiger partial charge in [-0.2, -0.15) is 0 Å². The summed E-state index contributed by atoms with van der Waals surface area (Å²) in [5, 5.41) is 3.63. The Morgan fingerprint density at radius 2 is 2.27 bits per heavy atom. The van der Waals surface area contributed by atoms with Crippen molar-refractivity contribution in [1.82, 2.24) is 5.32 Å². The van der Waals surface area contributed by atoms with Crippen molar-refractivity contribution < 1.29 is 4.74 Å². The molecule has 0 saturated carbocycles.